The number of terminal acetylenes is 1. The molecule has 4 aromatic rings. The third kappa shape index (κ3) is 4.95. The van der Waals surface area contributed by atoms with Gasteiger partial charge in [-0.25, -0.2) is 13.2 Å². The Hall–Kier alpha value is -3.48. The smallest absolute Gasteiger partial charge is 0.319 e. The molecule has 6 nitrogen and oxygen atoms in total. The molecule has 4 fully saturated rings. The van der Waals surface area contributed by atoms with Gasteiger partial charge in [0.1, 0.15) is 77.0 Å². The average Bonchev–Trinajstić information content (AvgIpc) is 3.70. The normalized spacial score (nSPS) is 26.2. The Balaban J connectivity index is 1.36. The second kappa shape index (κ2) is 11.8. The van der Waals surface area contributed by atoms with E-state index in [0.29, 0.717) is 53.8 Å². The van der Waals surface area contributed by atoms with Crippen molar-refractivity contribution in [1.29, 1.82) is 0 Å². The van der Waals surface area contributed by atoms with Crippen LogP contribution in [0.4, 0.5) is 19.0 Å². The molecule has 4 atom stereocenters. The molecule has 3 aromatic carbocycles. The molecule has 0 unspecified atom stereocenters. The molecule has 1 aromatic heterocycles. The van der Waals surface area contributed by atoms with Gasteiger partial charge in [0.15, 0.2) is 5.82 Å². The maximum absolute atomic E-state index is 17.5. The van der Waals surface area contributed by atoms with Crippen molar-refractivity contribution in [3.63, 3.8) is 0 Å². The van der Waals surface area contributed by atoms with Crippen LogP contribution in [0.5, 0.6) is 6.01 Å². The first kappa shape index (κ1) is 33.7. The molecule has 0 amide bonds. The van der Waals surface area contributed by atoms with Crippen LogP contribution < -0.4 is 47.7 Å². The fraction of sp³-hybridized carbons (Fsp3) is 0.429. The van der Waals surface area contributed by atoms with Gasteiger partial charge in [-0.05, 0) is 56.2 Å². The van der Waals surface area contributed by atoms with Crippen molar-refractivity contribution in [3.05, 3.63) is 23.3 Å². The van der Waals surface area contributed by atoms with Crippen molar-refractivity contribution in [1.82, 2.24) is 20.2 Å². The summed E-state index contributed by atoms with van der Waals surface area (Å²) in [6, 6.07) is 1.66. The van der Waals surface area contributed by atoms with E-state index >= 15 is 8.78 Å². The van der Waals surface area contributed by atoms with Crippen LogP contribution in [0.25, 0.3) is 32.8 Å². The van der Waals surface area contributed by atoms with Crippen molar-refractivity contribution in [2.45, 2.75) is 62.3 Å². The molecule has 15 heteroatoms. The molecule has 4 saturated heterocycles. The summed E-state index contributed by atoms with van der Waals surface area (Å²) in [5.74, 6) is 1.87. The molecule has 50 heavy (non-hydrogen) atoms. The second-order valence-electron chi connectivity index (χ2n) is 15.9. The predicted molar refractivity (Wildman–Crippen MR) is 215 cm³/mol. The van der Waals surface area contributed by atoms with E-state index in [-0.39, 0.29) is 35.3 Å². The maximum atomic E-state index is 17.5. The summed E-state index contributed by atoms with van der Waals surface area (Å²) in [7, 11) is 12.0. The van der Waals surface area contributed by atoms with Gasteiger partial charge in [0.05, 0.1) is 11.1 Å². The fourth-order valence-corrected chi connectivity index (χ4v) is 9.86. The highest BCUT2D eigenvalue weighted by molar-refractivity contribution is 6.68. The number of hydrogen-bond acceptors (Lipinski definition) is 6. The number of piperazine rings is 1. The molecule has 0 spiro atoms. The lowest BCUT2D eigenvalue weighted by molar-refractivity contribution is 0.107. The van der Waals surface area contributed by atoms with Gasteiger partial charge in [0.25, 0.3) is 0 Å². The molecule has 250 valence electrons. The summed E-state index contributed by atoms with van der Waals surface area (Å²) in [5, 5.41) is 5.63. The van der Waals surface area contributed by atoms with Gasteiger partial charge in [0.2, 0.25) is 0 Å². The third-order valence-electron chi connectivity index (χ3n) is 12.8. The zero-order valence-corrected chi connectivity index (χ0v) is 30.2. The minimum atomic E-state index is -0.910. The number of alkyl halides is 1. The van der Waals surface area contributed by atoms with Crippen LogP contribution in [0.1, 0.15) is 44.6 Å². The van der Waals surface area contributed by atoms with Crippen molar-refractivity contribution >= 4 is 107 Å². The lowest BCUT2D eigenvalue weighted by Crippen LogP contribution is -2.58. The summed E-state index contributed by atoms with van der Waals surface area (Å²) in [6.07, 6.45) is 9.47. The lowest BCUT2D eigenvalue weighted by atomic mass is 9.61. The van der Waals surface area contributed by atoms with E-state index < -0.39 is 23.3 Å². The van der Waals surface area contributed by atoms with Crippen LogP contribution >= 0.6 is 0 Å². The summed E-state index contributed by atoms with van der Waals surface area (Å²) in [5.41, 5.74) is 6.19. The number of ether oxygens (including phenoxy) is 1. The monoisotopic (exact) mass is 669 g/mol. The van der Waals surface area contributed by atoms with E-state index in [4.69, 9.17) is 21.1 Å². The molecule has 8 rings (SSSR count). The van der Waals surface area contributed by atoms with E-state index in [1.54, 1.807) is 0 Å². The quantitative estimate of drug-likeness (QED) is 0.171. The Kier molecular flexibility index (Phi) is 7.93. The molecule has 4 aliphatic rings. The SMILES string of the molecule is Bc1c(B)c(C#C)c2c(-c3c(F)cc4c(N5C[C@H]6CC[C@](C)(C5)N6)nc(OC[C@@]56CCCN5C[C@H](F)C6)nc4c3F)c(B)c(B)c(B)c2c1B. The largest absolute Gasteiger partial charge is 0.461 e. The Bertz CT molecular complexity index is 2180. The number of fused-ring (bicyclic) bond motifs is 5. The van der Waals surface area contributed by atoms with E-state index in [9.17, 15) is 4.39 Å². The number of anilines is 1. The van der Waals surface area contributed by atoms with E-state index in [1.165, 1.54) is 6.07 Å². The van der Waals surface area contributed by atoms with Gasteiger partial charge in [-0.3, -0.25) is 4.90 Å². The summed E-state index contributed by atoms with van der Waals surface area (Å²) in [6.45, 7) is 4.89. The third-order valence-corrected chi connectivity index (χ3v) is 12.8. The van der Waals surface area contributed by atoms with E-state index in [0.717, 1.165) is 70.4 Å². The van der Waals surface area contributed by atoms with E-state index in [2.05, 4.69) is 28.0 Å². The Morgan fingerprint density at radius 1 is 0.980 bits per heavy atom. The highest BCUT2D eigenvalue weighted by Crippen LogP contribution is 2.42. The van der Waals surface area contributed by atoms with Crippen LogP contribution in [0, 0.1) is 24.0 Å². The van der Waals surface area contributed by atoms with Gasteiger partial charge in [-0.1, -0.05) is 33.2 Å². The number of nitrogens with zero attached hydrogens (tertiary/aromatic N) is 4. The van der Waals surface area contributed by atoms with E-state index in [1.807, 2.05) is 47.1 Å². The molecule has 0 aliphatic carbocycles. The standard InChI is InChI=1S/C35H40B6F3N5O/c1-3-17-20-22(25(37)29(41)27(39)23(20)26(38)28(40)24(17)36)21-19(43)9-18-31(30(21)44)45-33(50-14-35-6-4-8-49(35)11-15(42)10-35)46-32(18)48-12-16-5-7-34(2,13-48)47-16/h1,9,15-16,47H,4-8,10-14,36-41H2,2H3/t15-,16-,34-,35+/m1/s1. The first-order valence-corrected chi connectivity index (χ1v) is 18.0. The number of benzene rings is 3. The van der Waals surface area contributed by atoms with Gasteiger partial charge in [0, 0.05) is 54.0 Å². The highest BCUT2D eigenvalue weighted by atomic mass is 19.1. The molecule has 2 bridgehead atoms. The van der Waals surface area contributed by atoms with Crippen molar-refractivity contribution in [3.8, 4) is 29.5 Å². The first-order chi connectivity index (χ1) is 23.8. The Labute approximate surface area is 297 Å². The molecule has 1 N–H and O–H groups in total. The highest BCUT2D eigenvalue weighted by Gasteiger charge is 2.49. The second-order valence-corrected chi connectivity index (χ2v) is 15.9. The minimum Gasteiger partial charge on any atom is -0.461 e. The maximum Gasteiger partial charge on any atom is 0.319 e. The zero-order chi connectivity index (χ0) is 35.4. The van der Waals surface area contributed by atoms with Crippen molar-refractivity contribution in [2.24, 2.45) is 0 Å². The minimum absolute atomic E-state index is 0.00147. The van der Waals surface area contributed by atoms with Gasteiger partial charge in [-0.2, -0.15) is 9.97 Å². The number of aromatic nitrogens is 2. The van der Waals surface area contributed by atoms with Crippen LogP contribution in [0.2, 0.25) is 0 Å². The van der Waals surface area contributed by atoms with Crippen LogP contribution in [0.3, 0.4) is 0 Å². The molecular weight excluding hydrogens is 628 g/mol. The summed E-state index contributed by atoms with van der Waals surface area (Å²) < 4.78 is 55.4. The van der Waals surface area contributed by atoms with Crippen molar-refractivity contribution < 1.29 is 17.9 Å². The predicted octanol–water partition coefficient (Wildman–Crippen LogP) is -4.45. The molecular formula is C35H40B6F3N5O. The average molecular weight is 669 g/mol. The molecule has 4 aliphatic heterocycles. The molecule has 5 heterocycles. The summed E-state index contributed by atoms with van der Waals surface area (Å²) in [4.78, 5) is 13.9. The zero-order valence-electron chi connectivity index (χ0n) is 30.2. The van der Waals surface area contributed by atoms with Gasteiger partial charge < -0.3 is 15.0 Å². The molecule has 0 saturated carbocycles. The number of hydrogen-bond donors (Lipinski definition) is 1. The van der Waals surface area contributed by atoms with Crippen LogP contribution in [0.15, 0.2) is 6.07 Å². The van der Waals surface area contributed by atoms with Crippen molar-refractivity contribution in [2.75, 3.05) is 37.7 Å². The number of nitrogens with one attached hydrogen (secondary N) is 1. The van der Waals surface area contributed by atoms with Crippen LogP contribution in [-0.2, 0) is 0 Å². The summed E-state index contributed by atoms with van der Waals surface area (Å²) >= 11 is 0. The van der Waals surface area contributed by atoms with Crippen LogP contribution in [-0.4, -0.2) is 118 Å². The molecule has 0 radical (unpaired) electrons. The Morgan fingerprint density at radius 3 is 2.44 bits per heavy atom. The number of halogens is 3. The topological polar surface area (TPSA) is 53.5 Å². The first-order valence-electron chi connectivity index (χ1n) is 18.0. The van der Waals surface area contributed by atoms with Gasteiger partial charge in [-0.15, -0.1) is 11.9 Å². The number of rotatable bonds is 5. The lowest BCUT2D eigenvalue weighted by Gasteiger charge is -2.40. The fourth-order valence-electron chi connectivity index (χ4n) is 9.86. The van der Waals surface area contributed by atoms with Gasteiger partial charge >= 0.3 is 6.01 Å². The Morgan fingerprint density at radius 2 is 1.72 bits per heavy atom.